The molecule has 1 saturated carbocycles. The van der Waals surface area contributed by atoms with Crippen molar-refractivity contribution < 1.29 is 24.4 Å². The highest BCUT2D eigenvalue weighted by Crippen LogP contribution is 2.31. The van der Waals surface area contributed by atoms with Gasteiger partial charge in [0.05, 0.1) is 25.9 Å². The number of rotatable bonds is 8. The fraction of sp³-hybridized carbons (Fsp3) is 0.556. The third kappa shape index (κ3) is 5.11. The molecule has 1 aliphatic carbocycles. The van der Waals surface area contributed by atoms with Crippen molar-refractivity contribution in [2.75, 3.05) is 13.2 Å². The summed E-state index contributed by atoms with van der Waals surface area (Å²) in [5.74, 6) is -1.36. The molecule has 4 atom stereocenters. The maximum absolute atomic E-state index is 10.2. The van der Waals surface area contributed by atoms with Gasteiger partial charge in [-0.2, -0.15) is 0 Å². The molecule has 0 heterocycles. The summed E-state index contributed by atoms with van der Waals surface area (Å²) in [7, 11) is 0. The summed E-state index contributed by atoms with van der Waals surface area (Å²) in [5.41, 5.74) is 7.57. The molecule has 1 aromatic rings. The largest absolute Gasteiger partial charge is 0.388 e. The van der Waals surface area contributed by atoms with Crippen molar-refractivity contribution >= 4 is 0 Å². The SMILES string of the molecule is C=C1C(OC(C)(C)O)C(N)C(O)C1OCCOCc1ccccc1. The van der Waals surface area contributed by atoms with Crippen molar-refractivity contribution in [3.8, 4) is 0 Å². The van der Waals surface area contributed by atoms with Gasteiger partial charge in [0.25, 0.3) is 0 Å². The summed E-state index contributed by atoms with van der Waals surface area (Å²) in [6, 6.07) is 9.15. The molecule has 6 nitrogen and oxygen atoms in total. The number of hydrogen-bond donors (Lipinski definition) is 3. The third-order valence-corrected chi connectivity index (χ3v) is 3.84. The molecule has 1 aromatic carbocycles. The van der Waals surface area contributed by atoms with Gasteiger partial charge in [0, 0.05) is 0 Å². The smallest absolute Gasteiger partial charge is 0.160 e. The van der Waals surface area contributed by atoms with Crippen LogP contribution in [0.5, 0.6) is 0 Å². The lowest BCUT2D eigenvalue weighted by Gasteiger charge is -2.26. The zero-order valence-corrected chi connectivity index (χ0v) is 14.2. The first-order valence-corrected chi connectivity index (χ1v) is 8.05. The van der Waals surface area contributed by atoms with Crippen molar-refractivity contribution in [3.05, 3.63) is 48.0 Å². The molecule has 0 aliphatic heterocycles. The van der Waals surface area contributed by atoms with Gasteiger partial charge >= 0.3 is 0 Å². The molecule has 0 saturated heterocycles. The Hall–Kier alpha value is -1.28. The quantitative estimate of drug-likeness (QED) is 0.372. The van der Waals surface area contributed by atoms with Gasteiger partial charge in [-0.05, 0) is 25.0 Å². The average molecular weight is 337 g/mol. The lowest BCUT2D eigenvalue weighted by atomic mass is 10.1. The van der Waals surface area contributed by atoms with Crippen LogP contribution in [0.15, 0.2) is 42.5 Å². The van der Waals surface area contributed by atoms with E-state index >= 15 is 0 Å². The predicted octanol–water partition coefficient (Wildman–Crippen LogP) is 0.960. The number of ether oxygens (including phenoxy) is 3. The van der Waals surface area contributed by atoms with E-state index in [-0.39, 0.29) is 0 Å². The van der Waals surface area contributed by atoms with E-state index < -0.39 is 30.1 Å². The van der Waals surface area contributed by atoms with Crippen molar-refractivity contribution in [2.45, 2.75) is 50.6 Å². The second-order valence-corrected chi connectivity index (χ2v) is 6.46. The molecule has 1 fully saturated rings. The van der Waals surface area contributed by atoms with Gasteiger partial charge in [0.1, 0.15) is 18.3 Å². The fourth-order valence-corrected chi connectivity index (χ4v) is 2.68. The van der Waals surface area contributed by atoms with Crippen LogP contribution in [0.2, 0.25) is 0 Å². The topological polar surface area (TPSA) is 94.2 Å². The summed E-state index contributed by atoms with van der Waals surface area (Å²) in [6.45, 7) is 8.11. The van der Waals surface area contributed by atoms with E-state index in [1.54, 1.807) is 0 Å². The molecule has 0 aromatic heterocycles. The van der Waals surface area contributed by atoms with E-state index in [4.69, 9.17) is 19.9 Å². The summed E-state index contributed by atoms with van der Waals surface area (Å²) in [4.78, 5) is 0. The van der Waals surface area contributed by atoms with Gasteiger partial charge < -0.3 is 30.2 Å². The van der Waals surface area contributed by atoms with Crippen molar-refractivity contribution in [1.82, 2.24) is 0 Å². The van der Waals surface area contributed by atoms with Gasteiger partial charge in [0.15, 0.2) is 5.79 Å². The Morgan fingerprint density at radius 2 is 1.83 bits per heavy atom. The summed E-state index contributed by atoms with van der Waals surface area (Å²) in [5, 5.41) is 20.0. The monoisotopic (exact) mass is 337 g/mol. The Morgan fingerprint density at radius 1 is 1.17 bits per heavy atom. The molecule has 4 N–H and O–H groups in total. The van der Waals surface area contributed by atoms with Crippen LogP contribution in [0, 0.1) is 0 Å². The fourth-order valence-electron chi connectivity index (χ4n) is 2.68. The molecule has 6 heteroatoms. The first-order valence-electron chi connectivity index (χ1n) is 8.05. The Kier molecular flexibility index (Phi) is 6.51. The maximum atomic E-state index is 10.2. The van der Waals surface area contributed by atoms with Crippen LogP contribution in [0.4, 0.5) is 0 Å². The Labute approximate surface area is 142 Å². The first kappa shape index (κ1) is 19.1. The lowest BCUT2D eigenvalue weighted by molar-refractivity contribution is -0.199. The van der Waals surface area contributed by atoms with Crippen LogP contribution in [0.1, 0.15) is 19.4 Å². The zero-order chi connectivity index (χ0) is 17.7. The molecule has 24 heavy (non-hydrogen) atoms. The normalized spacial score (nSPS) is 27.6. The second kappa shape index (κ2) is 8.20. The molecule has 2 rings (SSSR count). The van der Waals surface area contributed by atoms with Crippen molar-refractivity contribution in [2.24, 2.45) is 5.73 Å². The summed E-state index contributed by atoms with van der Waals surface area (Å²) < 4.78 is 16.7. The van der Waals surface area contributed by atoms with Gasteiger partial charge in [-0.15, -0.1) is 0 Å². The van der Waals surface area contributed by atoms with Gasteiger partial charge in [-0.25, -0.2) is 0 Å². The Morgan fingerprint density at radius 3 is 2.46 bits per heavy atom. The predicted molar refractivity (Wildman–Crippen MR) is 90.1 cm³/mol. The van der Waals surface area contributed by atoms with Gasteiger partial charge in [-0.1, -0.05) is 36.9 Å². The number of hydrogen-bond acceptors (Lipinski definition) is 6. The number of nitrogens with two attached hydrogens (primary N) is 1. The van der Waals surface area contributed by atoms with Crippen molar-refractivity contribution in [1.29, 1.82) is 0 Å². The van der Waals surface area contributed by atoms with Crippen LogP contribution in [0.25, 0.3) is 0 Å². The highest BCUT2D eigenvalue weighted by molar-refractivity contribution is 5.24. The average Bonchev–Trinajstić information content (AvgIpc) is 2.71. The lowest BCUT2D eigenvalue weighted by Crippen LogP contribution is -2.44. The van der Waals surface area contributed by atoms with Crippen LogP contribution in [-0.4, -0.2) is 53.6 Å². The molecular weight excluding hydrogens is 310 g/mol. The maximum Gasteiger partial charge on any atom is 0.160 e. The molecule has 0 radical (unpaired) electrons. The minimum absolute atomic E-state index is 0.301. The Bertz CT molecular complexity index is 528. The third-order valence-electron chi connectivity index (χ3n) is 3.84. The standard InChI is InChI=1S/C18H27NO5/c1-12-16(24-18(2,3)21)14(19)15(20)17(12)23-10-9-22-11-13-7-5-4-6-8-13/h4-8,14-17,20-21H,1,9-11,19H2,2-3H3. The molecule has 134 valence electrons. The van der Waals surface area contributed by atoms with Gasteiger partial charge in [0.2, 0.25) is 0 Å². The zero-order valence-electron chi connectivity index (χ0n) is 14.2. The van der Waals surface area contributed by atoms with E-state index in [1.807, 2.05) is 30.3 Å². The molecule has 1 aliphatic rings. The minimum Gasteiger partial charge on any atom is -0.388 e. The van der Waals surface area contributed by atoms with E-state index in [2.05, 4.69) is 6.58 Å². The number of aliphatic hydroxyl groups is 2. The summed E-state index contributed by atoms with van der Waals surface area (Å²) in [6.07, 6.45) is -2.22. The molecule has 4 unspecified atom stereocenters. The highest BCUT2D eigenvalue weighted by Gasteiger charge is 2.46. The second-order valence-electron chi connectivity index (χ2n) is 6.46. The van der Waals surface area contributed by atoms with E-state index in [0.29, 0.717) is 25.4 Å². The number of aliphatic hydroxyl groups excluding tert-OH is 1. The number of benzene rings is 1. The van der Waals surface area contributed by atoms with Crippen molar-refractivity contribution in [3.63, 3.8) is 0 Å². The van der Waals surface area contributed by atoms with Crippen LogP contribution in [-0.2, 0) is 20.8 Å². The van der Waals surface area contributed by atoms with Gasteiger partial charge in [-0.3, -0.25) is 0 Å². The molecular formula is C18H27NO5. The molecule has 0 bridgehead atoms. The minimum atomic E-state index is -1.36. The summed E-state index contributed by atoms with van der Waals surface area (Å²) >= 11 is 0. The van der Waals surface area contributed by atoms with Crippen LogP contribution < -0.4 is 5.73 Å². The Balaban J connectivity index is 1.76. The van der Waals surface area contributed by atoms with E-state index in [9.17, 15) is 10.2 Å². The van der Waals surface area contributed by atoms with E-state index in [0.717, 1.165) is 5.56 Å². The first-order chi connectivity index (χ1) is 11.3. The molecule has 0 amide bonds. The van der Waals surface area contributed by atoms with Crippen LogP contribution in [0.3, 0.4) is 0 Å². The van der Waals surface area contributed by atoms with E-state index in [1.165, 1.54) is 13.8 Å². The molecule has 0 spiro atoms. The highest BCUT2D eigenvalue weighted by atomic mass is 16.6. The van der Waals surface area contributed by atoms with Crippen LogP contribution >= 0.6 is 0 Å².